The third-order valence-corrected chi connectivity index (χ3v) is 6.47. The van der Waals surface area contributed by atoms with Gasteiger partial charge < -0.3 is 23.8 Å². The quantitative estimate of drug-likeness (QED) is 0.542. The molecule has 1 saturated heterocycles. The number of halogens is 1. The van der Waals surface area contributed by atoms with Gasteiger partial charge >= 0.3 is 0 Å². The smallest absolute Gasteiger partial charge is 0.253 e. The van der Waals surface area contributed by atoms with Crippen molar-refractivity contribution in [2.75, 3.05) is 27.3 Å². The number of hydrogen-bond donors (Lipinski definition) is 0. The first-order chi connectivity index (χ1) is 16.5. The monoisotopic (exact) mass is 463 g/mol. The Balaban J connectivity index is 1.29. The van der Waals surface area contributed by atoms with Crippen LogP contribution in [0.2, 0.25) is 0 Å². The van der Waals surface area contributed by atoms with Crippen molar-refractivity contribution in [3.63, 3.8) is 0 Å². The van der Waals surface area contributed by atoms with E-state index in [1.807, 2.05) is 30.3 Å². The number of likely N-dealkylation sites (tertiary alicyclic amines) is 1. The van der Waals surface area contributed by atoms with Crippen molar-refractivity contribution >= 4 is 5.91 Å². The summed E-state index contributed by atoms with van der Waals surface area (Å²) in [6, 6.07) is 17.4. The number of ether oxygens (including phenoxy) is 4. The molecule has 0 unspecified atom stereocenters. The summed E-state index contributed by atoms with van der Waals surface area (Å²) in [4.78, 5) is 14.5. The predicted molar refractivity (Wildman–Crippen MR) is 125 cm³/mol. The number of benzene rings is 3. The molecule has 6 nitrogen and oxygen atoms in total. The molecule has 2 heterocycles. The Bertz CT molecular complexity index is 1200. The SMILES string of the molecule is COc1ccc(-c2ccc3c(c2)COC2(CCN(C(=O)c4ccc(F)cc4)CC2)O3)c(OC)c1. The van der Waals surface area contributed by atoms with Crippen LogP contribution >= 0.6 is 0 Å². The lowest BCUT2D eigenvalue weighted by molar-refractivity contribution is -0.225. The van der Waals surface area contributed by atoms with Gasteiger partial charge in [0, 0.05) is 48.7 Å². The fourth-order valence-corrected chi connectivity index (χ4v) is 4.51. The molecule has 0 saturated carbocycles. The van der Waals surface area contributed by atoms with Gasteiger partial charge in [-0.15, -0.1) is 0 Å². The van der Waals surface area contributed by atoms with Crippen LogP contribution in [0.4, 0.5) is 4.39 Å². The van der Waals surface area contributed by atoms with Crippen LogP contribution < -0.4 is 14.2 Å². The van der Waals surface area contributed by atoms with Crippen LogP contribution in [0.3, 0.4) is 0 Å². The van der Waals surface area contributed by atoms with Gasteiger partial charge in [0.05, 0.1) is 20.8 Å². The number of fused-ring (bicyclic) bond motifs is 1. The Morgan fingerprint density at radius 1 is 0.971 bits per heavy atom. The zero-order valence-electron chi connectivity index (χ0n) is 19.2. The molecule has 0 N–H and O–H groups in total. The molecule has 34 heavy (non-hydrogen) atoms. The molecule has 2 aliphatic rings. The molecule has 5 rings (SSSR count). The zero-order valence-corrected chi connectivity index (χ0v) is 19.2. The van der Waals surface area contributed by atoms with Gasteiger partial charge in [-0.05, 0) is 54.1 Å². The van der Waals surface area contributed by atoms with Gasteiger partial charge in [-0.2, -0.15) is 0 Å². The summed E-state index contributed by atoms with van der Waals surface area (Å²) in [5.74, 6) is 1.05. The van der Waals surface area contributed by atoms with Crippen molar-refractivity contribution in [2.24, 2.45) is 0 Å². The summed E-state index contributed by atoms with van der Waals surface area (Å²) in [5, 5.41) is 0. The van der Waals surface area contributed by atoms with Gasteiger partial charge in [-0.3, -0.25) is 4.79 Å². The highest BCUT2D eigenvalue weighted by Gasteiger charge is 2.42. The van der Waals surface area contributed by atoms with Crippen molar-refractivity contribution in [1.29, 1.82) is 0 Å². The molecule has 1 fully saturated rings. The second-order valence-electron chi connectivity index (χ2n) is 8.49. The van der Waals surface area contributed by atoms with Crippen LogP contribution in [0, 0.1) is 5.82 Å². The van der Waals surface area contributed by atoms with Gasteiger partial charge in [0.15, 0.2) is 0 Å². The molecule has 0 atom stereocenters. The second-order valence-corrected chi connectivity index (χ2v) is 8.49. The average Bonchev–Trinajstić information content (AvgIpc) is 2.88. The van der Waals surface area contributed by atoms with E-state index in [-0.39, 0.29) is 11.7 Å². The molecule has 3 aromatic carbocycles. The molecule has 0 aliphatic carbocycles. The van der Waals surface area contributed by atoms with E-state index in [1.54, 1.807) is 19.1 Å². The molecule has 176 valence electrons. The van der Waals surface area contributed by atoms with Crippen LogP contribution in [0.15, 0.2) is 60.7 Å². The number of hydrogen-bond acceptors (Lipinski definition) is 5. The third kappa shape index (κ3) is 4.19. The van der Waals surface area contributed by atoms with E-state index in [1.165, 1.54) is 24.3 Å². The number of nitrogens with zero attached hydrogens (tertiary/aromatic N) is 1. The topological polar surface area (TPSA) is 57.2 Å². The molecule has 1 spiro atoms. The minimum absolute atomic E-state index is 0.107. The number of piperidine rings is 1. The van der Waals surface area contributed by atoms with Crippen molar-refractivity contribution in [2.45, 2.75) is 25.2 Å². The molecule has 0 radical (unpaired) electrons. The third-order valence-electron chi connectivity index (χ3n) is 6.47. The van der Waals surface area contributed by atoms with Gasteiger partial charge in [-0.25, -0.2) is 4.39 Å². The summed E-state index contributed by atoms with van der Waals surface area (Å²) in [6.45, 7) is 1.44. The molecule has 7 heteroatoms. The fraction of sp³-hybridized carbons (Fsp3) is 0.296. The van der Waals surface area contributed by atoms with Crippen molar-refractivity contribution in [3.8, 4) is 28.4 Å². The molecule has 0 bridgehead atoms. The first-order valence-corrected chi connectivity index (χ1v) is 11.2. The number of amides is 1. The van der Waals surface area contributed by atoms with E-state index < -0.39 is 5.79 Å². The van der Waals surface area contributed by atoms with E-state index >= 15 is 0 Å². The molecule has 2 aliphatic heterocycles. The second kappa shape index (κ2) is 8.99. The highest BCUT2D eigenvalue weighted by atomic mass is 19.1. The first-order valence-electron chi connectivity index (χ1n) is 11.2. The summed E-state index contributed by atoms with van der Waals surface area (Å²) in [5.41, 5.74) is 3.40. The Morgan fingerprint density at radius 2 is 1.74 bits per heavy atom. The Labute approximate surface area is 197 Å². The highest BCUT2D eigenvalue weighted by molar-refractivity contribution is 5.94. The van der Waals surface area contributed by atoms with Gasteiger partial charge in [0.2, 0.25) is 5.79 Å². The zero-order chi connectivity index (χ0) is 23.7. The molecular formula is C27H26FNO5. The number of carbonyl (C=O) groups excluding carboxylic acids is 1. The molecule has 1 amide bonds. The van der Waals surface area contributed by atoms with Crippen LogP contribution in [0.1, 0.15) is 28.8 Å². The van der Waals surface area contributed by atoms with Gasteiger partial charge in [-0.1, -0.05) is 6.07 Å². The highest BCUT2D eigenvalue weighted by Crippen LogP contribution is 2.41. The lowest BCUT2D eigenvalue weighted by atomic mass is 9.98. The van der Waals surface area contributed by atoms with Gasteiger partial charge in [0.1, 0.15) is 23.1 Å². The maximum atomic E-state index is 13.2. The predicted octanol–water partition coefficient (Wildman–Crippen LogP) is 5.05. The maximum absolute atomic E-state index is 13.2. The lowest BCUT2D eigenvalue weighted by Crippen LogP contribution is -2.52. The maximum Gasteiger partial charge on any atom is 0.253 e. The van der Waals surface area contributed by atoms with Crippen LogP contribution in [0.25, 0.3) is 11.1 Å². The molecule has 3 aromatic rings. The Hall–Kier alpha value is -3.58. The van der Waals surface area contributed by atoms with Crippen molar-refractivity contribution < 1.29 is 28.1 Å². The first kappa shape index (κ1) is 22.2. The van der Waals surface area contributed by atoms with E-state index in [0.29, 0.717) is 38.1 Å². The summed E-state index contributed by atoms with van der Waals surface area (Å²) >= 11 is 0. The van der Waals surface area contributed by atoms with Crippen molar-refractivity contribution in [3.05, 3.63) is 77.6 Å². The normalized spacial score (nSPS) is 16.5. The molecule has 0 aromatic heterocycles. The van der Waals surface area contributed by atoms with E-state index in [0.717, 1.165) is 33.9 Å². The largest absolute Gasteiger partial charge is 0.497 e. The van der Waals surface area contributed by atoms with E-state index in [2.05, 4.69) is 6.07 Å². The average molecular weight is 464 g/mol. The Morgan fingerprint density at radius 3 is 2.44 bits per heavy atom. The number of rotatable bonds is 4. The molecular weight excluding hydrogens is 437 g/mol. The number of carbonyl (C=O) groups is 1. The minimum atomic E-state index is -0.744. The van der Waals surface area contributed by atoms with Gasteiger partial charge in [0.25, 0.3) is 5.91 Å². The lowest BCUT2D eigenvalue weighted by Gasteiger charge is -2.44. The standard InChI is InChI=1S/C27H26FNO5/c1-31-22-8-9-23(25(16-22)32-2)19-5-10-24-20(15-19)17-33-27(34-24)11-13-29(14-12-27)26(30)18-3-6-21(28)7-4-18/h3-10,15-16H,11-14,17H2,1-2H3. The van der Waals surface area contributed by atoms with E-state index in [4.69, 9.17) is 18.9 Å². The number of methoxy groups -OCH3 is 2. The van der Waals surface area contributed by atoms with Crippen LogP contribution in [-0.2, 0) is 11.3 Å². The summed E-state index contributed by atoms with van der Waals surface area (Å²) in [6.07, 6.45) is 1.13. The fourth-order valence-electron chi connectivity index (χ4n) is 4.51. The van der Waals surface area contributed by atoms with Crippen LogP contribution in [-0.4, -0.2) is 43.9 Å². The Kier molecular flexibility index (Phi) is 5.87. The summed E-state index contributed by atoms with van der Waals surface area (Å²) in [7, 11) is 3.26. The summed E-state index contributed by atoms with van der Waals surface area (Å²) < 4.78 is 36.6. The minimum Gasteiger partial charge on any atom is -0.497 e. The van der Waals surface area contributed by atoms with Crippen LogP contribution in [0.5, 0.6) is 17.2 Å². The van der Waals surface area contributed by atoms with Crippen molar-refractivity contribution in [1.82, 2.24) is 4.90 Å². The van der Waals surface area contributed by atoms with E-state index in [9.17, 15) is 9.18 Å².